The lowest BCUT2D eigenvalue weighted by Crippen LogP contribution is -2.48. The Morgan fingerprint density at radius 3 is 2.19 bits per heavy atom. The van der Waals surface area contributed by atoms with Crippen LogP contribution in [0.2, 0.25) is 0 Å². The highest BCUT2D eigenvalue weighted by Crippen LogP contribution is 2.19. The maximum atomic E-state index is 12.8. The van der Waals surface area contributed by atoms with Gasteiger partial charge in [0.05, 0.1) is 11.4 Å². The van der Waals surface area contributed by atoms with Gasteiger partial charge in [0.2, 0.25) is 15.9 Å². The number of halogens is 3. The lowest BCUT2D eigenvalue weighted by Gasteiger charge is -2.34. The molecule has 0 spiro atoms. The van der Waals surface area contributed by atoms with Crippen molar-refractivity contribution in [2.24, 2.45) is 0 Å². The van der Waals surface area contributed by atoms with Crippen LogP contribution in [0.3, 0.4) is 0 Å². The van der Waals surface area contributed by atoms with Crippen LogP contribution in [0.1, 0.15) is 35.0 Å². The molecule has 0 saturated carbocycles. The predicted octanol–water partition coefficient (Wildman–Crippen LogP) is 2.13. The molecule has 2 aliphatic heterocycles. The third-order valence-electron chi connectivity index (χ3n) is 6.66. The summed E-state index contributed by atoms with van der Waals surface area (Å²) in [6, 6.07) is 12.2. The van der Waals surface area contributed by atoms with Gasteiger partial charge in [-0.05, 0) is 36.6 Å². The molecule has 43 heavy (non-hydrogen) atoms. The van der Waals surface area contributed by atoms with E-state index < -0.39 is 22.2 Å². The van der Waals surface area contributed by atoms with Crippen LogP contribution in [0.5, 0.6) is 0 Å². The van der Waals surface area contributed by atoms with E-state index in [1.807, 2.05) is 6.20 Å². The average molecular weight is 626 g/mol. The number of piperazine rings is 1. The molecule has 0 atom stereocenters. The number of pyridine rings is 1. The molecule has 0 radical (unpaired) electrons. The summed E-state index contributed by atoms with van der Waals surface area (Å²) in [7, 11) is -3.71. The Balaban J connectivity index is 0.000000541. The summed E-state index contributed by atoms with van der Waals surface area (Å²) < 4.78 is 64.3. The van der Waals surface area contributed by atoms with E-state index in [1.54, 1.807) is 23.1 Å². The fourth-order valence-corrected chi connectivity index (χ4v) is 5.39. The first-order valence-corrected chi connectivity index (χ1v) is 14.8. The van der Waals surface area contributed by atoms with E-state index in [9.17, 15) is 26.4 Å². The Bertz CT molecular complexity index is 1470. The highest BCUT2D eigenvalue weighted by molar-refractivity contribution is 7.89. The molecule has 2 saturated heterocycles. The van der Waals surface area contributed by atoms with Gasteiger partial charge in [-0.25, -0.2) is 22.9 Å². The minimum atomic E-state index is -5.08. The number of rotatable bonds is 8. The minimum Gasteiger partial charge on any atom is -0.475 e. The summed E-state index contributed by atoms with van der Waals surface area (Å²) in [6.07, 6.45) is -0.689. The fourth-order valence-electron chi connectivity index (χ4n) is 4.40. The second-order valence-corrected chi connectivity index (χ2v) is 11.5. The molecule has 2 fully saturated rings. The third-order valence-corrected chi connectivity index (χ3v) is 8.08. The number of carbonyl (C=O) groups is 2. The van der Waals surface area contributed by atoms with E-state index in [1.165, 1.54) is 25.0 Å². The van der Waals surface area contributed by atoms with Crippen LogP contribution in [-0.2, 0) is 27.9 Å². The number of carboxylic acids is 1. The van der Waals surface area contributed by atoms with E-state index in [-0.39, 0.29) is 29.1 Å². The molecule has 2 aromatic heterocycles. The molecule has 4 heterocycles. The molecule has 232 valence electrons. The molecular weight excluding hydrogens is 595 g/mol. The lowest BCUT2D eigenvalue weighted by molar-refractivity contribution is -0.192. The number of sulfonamides is 1. The van der Waals surface area contributed by atoms with Crippen LogP contribution >= 0.6 is 0 Å². The standard InChI is InChI=1S/C24H29N7O4S.C2HF3O2/c32-24(23-28-27-22(35-23)17-26-36(33,34)20-6-2-1-3-7-20)31-14-12-29(13-15-31)18-19-8-9-21(25-16-19)30-10-4-5-11-30;3-2(4,5)1(6)7/h1-3,6-9,16,26H,4-5,10-15,17-18H2;(H,6,7). The van der Waals surface area contributed by atoms with Crippen molar-refractivity contribution in [1.82, 2.24) is 29.7 Å². The van der Waals surface area contributed by atoms with Crippen LogP contribution in [-0.4, -0.2) is 95.8 Å². The van der Waals surface area contributed by atoms with Gasteiger partial charge in [-0.1, -0.05) is 24.3 Å². The molecule has 0 bridgehead atoms. The molecule has 13 nitrogen and oxygen atoms in total. The topological polar surface area (TPSA) is 162 Å². The second-order valence-electron chi connectivity index (χ2n) is 9.73. The van der Waals surface area contributed by atoms with Crippen LogP contribution in [0.4, 0.5) is 19.0 Å². The highest BCUT2D eigenvalue weighted by atomic mass is 32.2. The smallest absolute Gasteiger partial charge is 0.475 e. The van der Waals surface area contributed by atoms with Crippen LogP contribution in [0, 0.1) is 0 Å². The molecular formula is C26H30F3N7O6S. The zero-order valence-corrected chi connectivity index (χ0v) is 23.7. The number of hydrogen-bond donors (Lipinski definition) is 2. The lowest BCUT2D eigenvalue weighted by atomic mass is 10.2. The van der Waals surface area contributed by atoms with E-state index in [0.717, 1.165) is 44.1 Å². The van der Waals surface area contributed by atoms with Crippen molar-refractivity contribution in [2.75, 3.05) is 44.2 Å². The van der Waals surface area contributed by atoms with Gasteiger partial charge in [0, 0.05) is 52.0 Å². The van der Waals surface area contributed by atoms with Crippen molar-refractivity contribution >= 4 is 27.7 Å². The quantitative estimate of drug-likeness (QED) is 0.377. The van der Waals surface area contributed by atoms with Gasteiger partial charge in [0.15, 0.2) is 0 Å². The van der Waals surface area contributed by atoms with E-state index in [0.29, 0.717) is 13.1 Å². The third kappa shape index (κ3) is 8.95. The van der Waals surface area contributed by atoms with E-state index >= 15 is 0 Å². The van der Waals surface area contributed by atoms with Gasteiger partial charge < -0.3 is 19.3 Å². The molecule has 1 amide bonds. The number of aromatic nitrogens is 3. The molecule has 0 aliphatic carbocycles. The van der Waals surface area contributed by atoms with Crippen LogP contribution in [0.25, 0.3) is 0 Å². The van der Waals surface area contributed by atoms with Gasteiger partial charge in [-0.15, -0.1) is 10.2 Å². The maximum absolute atomic E-state index is 12.8. The fraction of sp³-hybridized carbons (Fsp3) is 0.423. The molecule has 1 aromatic carbocycles. The number of carboxylic acid groups (broad SMARTS) is 1. The van der Waals surface area contributed by atoms with E-state index in [4.69, 9.17) is 14.3 Å². The number of amides is 1. The predicted molar refractivity (Wildman–Crippen MR) is 145 cm³/mol. The van der Waals surface area contributed by atoms with E-state index in [2.05, 4.69) is 41.8 Å². The Labute approximate surface area is 245 Å². The first-order chi connectivity index (χ1) is 20.4. The Morgan fingerprint density at radius 1 is 0.953 bits per heavy atom. The number of benzene rings is 1. The Hall–Kier alpha value is -4.09. The maximum Gasteiger partial charge on any atom is 0.490 e. The van der Waals surface area contributed by atoms with Crippen molar-refractivity contribution in [3.63, 3.8) is 0 Å². The Morgan fingerprint density at radius 2 is 1.60 bits per heavy atom. The Kier molecular flexibility index (Phi) is 10.3. The number of aliphatic carboxylic acids is 1. The molecule has 3 aromatic rings. The van der Waals surface area contributed by atoms with Gasteiger partial charge in [0.1, 0.15) is 5.82 Å². The van der Waals surface area contributed by atoms with Crippen molar-refractivity contribution in [2.45, 2.75) is 37.0 Å². The zero-order valence-electron chi connectivity index (χ0n) is 22.9. The SMILES string of the molecule is O=C(O)C(F)(F)F.O=C(c1nnc(CNS(=O)(=O)c2ccccc2)o1)N1CCN(Cc2ccc(N3CCCC3)nc2)CC1. The number of carbonyl (C=O) groups excluding carboxylic acids is 1. The van der Waals surface area contributed by atoms with Crippen molar-refractivity contribution in [3.8, 4) is 0 Å². The molecule has 2 aliphatic rings. The molecule has 17 heteroatoms. The highest BCUT2D eigenvalue weighted by Gasteiger charge is 2.38. The van der Waals surface area contributed by atoms with Gasteiger partial charge >= 0.3 is 23.9 Å². The normalized spacial score (nSPS) is 16.1. The average Bonchev–Trinajstić information content (AvgIpc) is 3.70. The monoisotopic (exact) mass is 625 g/mol. The molecule has 5 rings (SSSR count). The van der Waals surface area contributed by atoms with Gasteiger partial charge in [0.25, 0.3) is 0 Å². The van der Waals surface area contributed by atoms with Crippen LogP contribution < -0.4 is 9.62 Å². The van der Waals surface area contributed by atoms with Gasteiger partial charge in [-0.2, -0.15) is 13.2 Å². The number of nitrogens with one attached hydrogen (secondary N) is 1. The zero-order chi connectivity index (χ0) is 31.0. The van der Waals surface area contributed by atoms with Crippen molar-refractivity contribution < 1.29 is 40.7 Å². The molecule has 2 N–H and O–H groups in total. The van der Waals surface area contributed by atoms with Gasteiger partial charge in [-0.3, -0.25) is 9.69 Å². The summed E-state index contributed by atoms with van der Waals surface area (Å²) >= 11 is 0. The second kappa shape index (κ2) is 13.9. The number of anilines is 1. The summed E-state index contributed by atoms with van der Waals surface area (Å²) in [4.78, 5) is 32.8. The minimum absolute atomic E-state index is 0.0290. The first-order valence-electron chi connectivity index (χ1n) is 13.3. The summed E-state index contributed by atoms with van der Waals surface area (Å²) in [5, 5.41) is 14.8. The van der Waals surface area contributed by atoms with Crippen molar-refractivity contribution in [1.29, 1.82) is 0 Å². The summed E-state index contributed by atoms with van der Waals surface area (Å²) in [6.45, 7) is 5.25. The number of alkyl halides is 3. The summed E-state index contributed by atoms with van der Waals surface area (Å²) in [5.74, 6) is -2.18. The first kappa shape index (κ1) is 31.8. The van der Waals surface area contributed by atoms with Crippen LogP contribution in [0.15, 0.2) is 58.0 Å². The largest absolute Gasteiger partial charge is 0.490 e. The summed E-state index contributed by atoms with van der Waals surface area (Å²) in [5.41, 5.74) is 1.15. The number of nitrogens with zero attached hydrogens (tertiary/aromatic N) is 6. The van der Waals surface area contributed by atoms with Crippen molar-refractivity contribution in [3.05, 3.63) is 66.0 Å². The molecule has 0 unspecified atom stereocenters. The number of hydrogen-bond acceptors (Lipinski definition) is 10.